The average molecular weight is 414 g/mol. The number of esters is 1. The Hall–Kier alpha value is -2.81. The van der Waals surface area contributed by atoms with Gasteiger partial charge < -0.3 is 19.0 Å². The number of furan rings is 1. The van der Waals surface area contributed by atoms with Crippen LogP contribution < -0.4 is 5.32 Å². The highest BCUT2D eigenvalue weighted by Crippen LogP contribution is 2.32. The fraction of sp³-hybridized carbons (Fsp3) is 0.400. The largest absolute Gasteiger partial charge is 0.460 e. The van der Waals surface area contributed by atoms with E-state index in [4.69, 9.17) is 9.15 Å². The number of hydrogen-bond donors (Lipinski definition) is 1. The summed E-state index contributed by atoms with van der Waals surface area (Å²) in [5.74, 6) is 0.283. The lowest BCUT2D eigenvalue weighted by Crippen LogP contribution is -2.17. The number of fused-ring (bicyclic) bond motifs is 2. The molecule has 3 aromatic rings. The molecule has 1 aromatic carbocycles. The summed E-state index contributed by atoms with van der Waals surface area (Å²) in [5.41, 5.74) is 0.853. The molecule has 8 nitrogen and oxygen atoms in total. The van der Waals surface area contributed by atoms with E-state index in [1.807, 2.05) is 6.07 Å². The molecule has 29 heavy (non-hydrogen) atoms. The molecule has 1 aliphatic rings. The summed E-state index contributed by atoms with van der Waals surface area (Å²) in [6.07, 6.45) is 4.31. The van der Waals surface area contributed by atoms with Gasteiger partial charge in [-0.3, -0.25) is 4.79 Å². The molecule has 1 aliphatic heterocycles. The number of ether oxygens (including phenoxy) is 1. The third-order valence-electron chi connectivity index (χ3n) is 4.73. The Morgan fingerprint density at radius 1 is 1.24 bits per heavy atom. The van der Waals surface area contributed by atoms with E-state index < -0.39 is 5.97 Å². The fourth-order valence-corrected chi connectivity index (χ4v) is 4.16. The quantitative estimate of drug-likeness (QED) is 0.485. The van der Waals surface area contributed by atoms with Crippen LogP contribution in [0.2, 0.25) is 0 Å². The maximum Gasteiger partial charge on any atom is 0.376 e. The van der Waals surface area contributed by atoms with Crippen LogP contribution in [0.25, 0.3) is 11.0 Å². The van der Waals surface area contributed by atoms with Gasteiger partial charge in [0.1, 0.15) is 17.1 Å². The van der Waals surface area contributed by atoms with Crippen LogP contribution in [0.15, 0.2) is 33.8 Å². The standard InChI is InChI=1S/C20H22N4O4S/c1-2-27-19(26)18-17(13-8-5-6-9-14(13)28-18)21-16(25)12-29-20-23-22-15-10-4-3-7-11-24(15)20/h5-6,8-9H,2-4,7,10-12H2,1H3,(H,21,25). The Labute approximate surface area is 172 Å². The van der Waals surface area contributed by atoms with Crippen molar-refractivity contribution in [1.82, 2.24) is 14.8 Å². The summed E-state index contributed by atoms with van der Waals surface area (Å²) in [6.45, 7) is 2.82. The van der Waals surface area contributed by atoms with Gasteiger partial charge in [-0.1, -0.05) is 30.3 Å². The third-order valence-corrected chi connectivity index (χ3v) is 5.70. The Balaban J connectivity index is 1.50. The van der Waals surface area contributed by atoms with E-state index in [1.54, 1.807) is 25.1 Å². The number of thioether (sulfide) groups is 1. The zero-order valence-electron chi connectivity index (χ0n) is 16.1. The molecule has 0 atom stereocenters. The lowest BCUT2D eigenvalue weighted by atomic mass is 10.2. The Bertz CT molecular complexity index is 1040. The summed E-state index contributed by atoms with van der Waals surface area (Å²) >= 11 is 1.34. The molecule has 4 rings (SSSR count). The van der Waals surface area contributed by atoms with Gasteiger partial charge in [0, 0.05) is 18.4 Å². The van der Waals surface area contributed by atoms with Crippen LogP contribution in [0, 0.1) is 0 Å². The second-order valence-electron chi connectivity index (χ2n) is 6.72. The van der Waals surface area contributed by atoms with Gasteiger partial charge in [-0.2, -0.15) is 0 Å². The van der Waals surface area contributed by atoms with Crippen LogP contribution in [0.5, 0.6) is 0 Å². The summed E-state index contributed by atoms with van der Waals surface area (Å²) < 4.78 is 12.8. The van der Waals surface area contributed by atoms with Gasteiger partial charge in [-0.25, -0.2) is 4.79 Å². The van der Waals surface area contributed by atoms with E-state index in [0.717, 1.165) is 36.8 Å². The lowest BCUT2D eigenvalue weighted by molar-refractivity contribution is -0.113. The highest BCUT2D eigenvalue weighted by atomic mass is 32.2. The maximum absolute atomic E-state index is 12.6. The van der Waals surface area contributed by atoms with Crippen molar-refractivity contribution in [2.24, 2.45) is 0 Å². The van der Waals surface area contributed by atoms with Crippen molar-refractivity contribution in [3.8, 4) is 0 Å². The number of rotatable bonds is 6. The van der Waals surface area contributed by atoms with Crippen molar-refractivity contribution in [2.75, 3.05) is 17.7 Å². The molecule has 152 valence electrons. The van der Waals surface area contributed by atoms with Crippen molar-refractivity contribution in [3.63, 3.8) is 0 Å². The second kappa shape index (κ2) is 8.69. The molecule has 0 spiro atoms. The minimum absolute atomic E-state index is 0.00254. The minimum atomic E-state index is -0.602. The highest BCUT2D eigenvalue weighted by Gasteiger charge is 2.24. The molecule has 0 fully saturated rings. The van der Waals surface area contributed by atoms with E-state index in [1.165, 1.54) is 18.2 Å². The number of nitrogens with one attached hydrogen (secondary N) is 1. The van der Waals surface area contributed by atoms with Gasteiger partial charge in [-0.15, -0.1) is 10.2 Å². The number of carbonyl (C=O) groups is 2. The summed E-state index contributed by atoms with van der Waals surface area (Å²) in [6, 6.07) is 7.17. The van der Waals surface area contributed by atoms with Crippen LogP contribution in [-0.2, 0) is 22.5 Å². The van der Waals surface area contributed by atoms with Gasteiger partial charge in [-0.05, 0) is 31.9 Å². The molecule has 1 amide bonds. The van der Waals surface area contributed by atoms with Crippen LogP contribution in [-0.4, -0.2) is 39.0 Å². The van der Waals surface area contributed by atoms with Crippen molar-refractivity contribution < 1.29 is 18.7 Å². The van der Waals surface area contributed by atoms with Crippen molar-refractivity contribution in [2.45, 2.75) is 44.3 Å². The van der Waals surface area contributed by atoms with Gasteiger partial charge in [0.05, 0.1) is 12.4 Å². The molecule has 0 radical (unpaired) electrons. The number of nitrogens with zero attached hydrogens (tertiary/aromatic N) is 3. The first-order valence-corrected chi connectivity index (χ1v) is 10.7. The number of anilines is 1. The number of aromatic nitrogens is 3. The molecule has 1 N–H and O–H groups in total. The molecule has 0 saturated heterocycles. The van der Waals surface area contributed by atoms with Gasteiger partial charge in [0.2, 0.25) is 11.7 Å². The zero-order valence-corrected chi connectivity index (χ0v) is 17.0. The van der Waals surface area contributed by atoms with E-state index in [2.05, 4.69) is 20.1 Å². The number of carbonyl (C=O) groups excluding carboxylic acids is 2. The van der Waals surface area contributed by atoms with E-state index in [9.17, 15) is 9.59 Å². The van der Waals surface area contributed by atoms with Crippen molar-refractivity contribution >= 4 is 40.3 Å². The van der Waals surface area contributed by atoms with Crippen LogP contribution in [0.4, 0.5) is 5.69 Å². The molecule has 0 saturated carbocycles. The topological polar surface area (TPSA) is 99.2 Å². The zero-order chi connectivity index (χ0) is 20.2. The van der Waals surface area contributed by atoms with Crippen LogP contribution in [0.1, 0.15) is 42.6 Å². The van der Waals surface area contributed by atoms with Crippen LogP contribution in [0.3, 0.4) is 0 Å². The predicted molar refractivity (Wildman–Crippen MR) is 109 cm³/mol. The molecule has 9 heteroatoms. The van der Waals surface area contributed by atoms with Gasteiger partial charge in [0.15, 0.2) is 5.16 Å². The molecular formula is C20H22N4O4S. The SMILES string of the molecule is CCOC(=O)c1oc2ccccc2c1NC(=O)CSc1nnc2n1CCCCC2. The third kappa shape index (κ3) is 4.14. The van der Waals surface area contributed by atoms with Crippen molar-refractivity contribution in [1.29, 1.82) is 0 Å². The molecular weight excluding hydrogens is 392 g/mol. The summed E-state index contributed by atoms with van der Waals surface area (Å²) in [4.78, 5) is 24.9. The van der Waals surface area contributed by atoms with E-state index in [0.29, 0.717) is 16.7 Å². The Morgan fingerprint density at radius 2 is 2.10 bits per heavy atom. The van der Waals surface area contributed by atoms with Gasteiger partial charge >= 0.3 is 5.97 Å². The second-order valence-corrected chi connectivity index (χ2v) is 7.66. The predicted octanol–water partition coefficient (Wildman–Crippen LogP) is 3.66. The number of para-hydroxylation sites is 1. The maximum atomic E-state index is 12.6. The average Bonchev–Trinajstić information content (AvgIpc) is 3.19. The highest BCUT2D eigenvalue weighted by molar-refractivity contribution is 7.99. The smallest absolute Gasteiger partial charge is 0.376 e. The summed E-state index contributed by atoms with van der Waals surface area (Å²) in [7, 11) is 0. The molecule has 0 aliphatic carbocycles. The number of benzene rings is 1. The Kier molecular flexibility index (Phi) is 5.84. The normalized spacial score (nSPS) is 13.7. The number of amides is 1. The first kappa shape index (κ1) is 19.5. The van der Waals surface area contributed by atoms with E-state index in [-0.39, 0.29) is 24.0 Å². The molecule has 2 aromatic heterocycles. The summed E-state index contributed by atoms with van der Waals surface area (Å²) in [5, 5.41) is 12.7. The minimum Gasteiger partial charge on any atom is -0.460 e. The number of hydrogen-bond acceptors (Lipinski definition) is 7. The van der Waals surface area contributed by atoms with Crippen LogP contribution >= 0.6 is 11.8 Å². The van der Waals surface area contributed by atoms with Gasteiger partial charge in [0.25, 0.3) is 0 Å². The first-order valence-electron chi connectivity index (χ1n) is 9.70. The van der Waals surface area contributed by atoms with Crippen molar-refractivity contribution in [3.05, 3.63) is 35.9 Å². The Morgan fingerprint density at radius 3 is 2.97 bits per heavy atom. The fourth-order valence-electron chi connectivity index (χ4n) is 3.38. The molecule has 0 bridgehead atoms. The number of aryl methyl sites for hydroxylation is 1. The molecule has 0 unspecified atom stereocenters. The monoisotopic (exact) mass is 414 g/mol. The van der Waals surface area contributed by atoms with E-state index >= 15 is 0 Å². The first-order chi connectivity index (χ1) is 14.2. The molecule has 3 heterocycles. The lowest BCUT2D eigenvalue weighted by Gasteiger charge is -2.07.